The van der Waals surface area contributed by atoms with Crippen molar-refractivity contribution in [2.75, 3.05) is 50.1 Å². The molecule has 2 N–H and O–H groups in total. The number of hydrogen-bond donors (Lipinski definition) is 2. The largest absolute Gasteiger partial charge is 0.378 e. The molecule has 8 heteroatoms. The molecule has 49 heavy (non-hydrogen) atoms. The number of ketones is 1. The highest BCUT2D eigenvalue weighted by atomic mass is 16.5. The van der Waals surface area contributed by atoms with Crippen molar-refractivity contribution in [3.8, 4) is 11.1 Å². The van der Waals surface area contributed by atoms with Gasteiger partial charge in [-0.1, -0.05) is 111 Å². The van der Waals surface area contributed by atoms with Gasteiger partial charge in [0.05, 0.1) is 13.2 Å². The van der Waals surface area contributed by atoms with E-state index in [1.54, 1.807) is 30.1 Å². The molecule has 0 bridgehead atoms. The molecule has 4 aromatic rings. The molecule has 1 aliphatic rings. The number of para-hydroxylation sites is 1. The zero-order chi connectivity index (χ0) is 34.4. The zero-order valence-corrected chi connectivity index (χ0v) is 28.7. The van der Waals surface area contributed by atoms with Crippen molar-refractivity contribution in [3.63, 3.8) is 0 Å². The van der Waals surface area contributed by atoms with Crippen molar-refractivity contribution in [2.24, 2.45) is 0 Å². The van der Waals surface area contributed by atoms with Gasteiger partial charge in [0, 0.05) is 55.6 Å². The van der Waals surface area contributed by atoms with Crippen LogP contribution in [0.4, 0.5) is 16.2 Å². The van der Waals surface area contributed by atoms with Crippen LogP contribution in [-0.2, 0) is 16.0 Å². The number of morpholine rings is 1. The summed E-state index contributed by atoms with van der Waals surface area (Å²) in [7, 11) is 1.79. The Balaban J connectivity index is 1.30. The summed E-state index contributed by atoms with van der Waals surface area (Å²) in [6.07, 6.45) is 6.19. The van der Waals surface area contributed by atoms with E-state index < -0.39 is 6.04 Å². The standard InChI is InChI=1S/C41H48N4O4/c1-3-4-5-6-12-24-42-41(48)44(2)35-17-13-16-34(30-35)32-22-20-31(21-23-32)29-38(40(47)45-25-27-49-28-26-45)43-37-19-11-10-18-36(37)39(46)33-14-8-7-9-15-33/h7-11,13-23,30,38,43H,3-6,12,24-29H2,1-2H3,(H,42,48)/t38-/m0/s1. The molecule has 5 rings (SSSR count). The summed E-state index contributed by atoms with van der Waals surface area (Å²) < 4.78 is 5.51. The number of ether oxygens (including phenoxy) is 1. The van der Waals surface area contributed by atoms with Crippen molar-refractivity contribution in [1.82, 2.24) is 10.2 Å². The normalized spacial score (nSPS) is 13.4. The second-order valence-corrected chi connectivity index (χ2v) is 12.5. The highest BCUT2D eigenvalue weighted by Gasteiger charge is 2.27. The van der Waals surface area contributed by atoms with Gasteiger partial charge in [0.1, 0.15) is 6.04 Å². The van der Waals surface area contributed by atoms with Crippen LogP contribution >= 0.6 is 0 Å². The van der Waals surface area contributed by atoms with Gasteiger partial charge >= 0.3 is 6.03 Å². The van der Waals surface area contributed by atoms with E-state index in [1.165, 1.54) is 19.3 Å². The van der Waals surface area contributed by atoms with Gasteiger partial charge < -0.3 is 20.3 Å². The van der Waals surface area contributed by atoms with Crippen LogP contribution in [0.5, 0.6) is 0 Å². The van der Waals surface area contributed by atoms with E-state index in [0.717, 1.165) is 35.2 Å². The van der Waals surface area contributed by atoms with Gasteiger partial charge in [-0.05, 0) is 47.4 Å². The van der Waals surface area contributed by atoms with Crippen molar-refractivity contribution in [2.45, 2.75) is 51.5 Å². The summed E-state index contributed by atoms with van der Waals surface area (Å²) in [5, 5.41) is 6.49. The first-order valence-electron chi connectivity index (χ1n) is 17.5. The molecule has 4 aromatic carbocycles. The lowest BCUT2D eigenvalue weighted by Gasteiger charge is -2.31. The van der Waals surface area contributed by atoms with Gasteiger partial charge in [-0.25, -0.2) is 4.79 Å². The maximum absolute atomic E-state index is 13.9. The van der Waals surface area contributed by atoms with Gasteiger partial charge in [0.2, 0.25) is 5.91 Å². The maximum atomic E-state index is 13.9. The Hall–Kier alpha value is -4.95. The Labute approximate surface area is 290 Å². The Morgan fingerprint density at radius 3 is 2.27 bits per heavy atom. The van der Waals surface area contributed by atoms with Gasteiger partial charge in [-0.2, -0.15) is 0 Å². The van der Waals surface area contributed by atoms with E-state index in [-0.39, 0.29) is 17.7 Å². The van der Waals surface area contributed by atoms with E-state index in [9.17, 15) is 14.4 Å². The molecular weight excluding hydrogens is 612 g/mol. The quantitative estimate of drug-likeness (QED) is 0.101. The Morgan fingerprint density at radius 1 is 0.796 bits per heavy atom. The van der Waals surface area contributed by atoms with Crippen molar-refractivity contribution >= 4 is 29.1 Å². The molecular formula is C41H48N4O4. The Bertz CT molecular complexity index is 1670. The number of urea groups is 1. The number of nitrogens with zero attached hydrogens (tertiary/aromatic N) is 2. The van der Waals surface area contributed by atoms with Crippen LogP contribution in [0.2, 0.25) is 0 Å². The monoisotopic (exact) mass is 660 g/mol. The molecule has 1 fully saturated rings. The minimum atomic E-state index is -0.587. The number of carbonyl (C=O) groups excluding carboxylic acids is 3. The molecule has 3 amide bonds. The molecule has 8 nitrogen and oxygen atoms in total. The third-order valence-electron chi connectivity index (χ3n) is 8.98. The average Bonchev–Trinajstić information content (AvgIpc) is 3.16. The molecule has 256 valence electrons. The third-order valence-corrected chi connectivity index (χ3v) is 8.98. The van der Waals surface area contributed by atoms with Gasteiger partial charge in [0.25, 0.3) is 0 Å². The van der Waals surface area contributed by atoms with E-state index >= 15 is 0 Å². The predicted molar refractivity (Wildman–Crippen MR) is 197 cm³/mol. The van der Waals surface area contributed by atoms with E-state index in [2.05, 4.69) is 17.6 Å². The first-order chi connectivity index (χ1) is 23.9. The van der Waals surface area contributed by atoms with Crippen LogP contribution in [0, 0.1) is 0 Å². The van der Waals surface area contributed by atoms with Gasteiger partial charge in [-0.3, -0.25) is 14.5 Å². The number of unbranched alkanes of at least 4 members (excludes halogenated alkanes) is 4. The molecule has 0 aromatic heterocycles. The fraction of sp³-hybridized carbons (Fsp3) is 0.341. The van der Waals surface area contributed by atoms with Crippen LogP contribution in [0.25, 0.3) is 11.1 Å². The Morgan fingerprint density at radius 2 is 1.51 bits per heavy atom. The molecule has 1 aliphatic heterocycles. The zero-order valence-electron chi connectivity index (χ0n) is 28.7. The van der Waals surface area contributed by atoms with Crippen LogP contribution in [0.3, 0.4) is 0 Å². The summed E-state index contributed by atoms with van der Waals surface area (Å²) in [5.74, 6) is -0.122. The number of nitrogens with one attached hydrogen (secondary N) is 2. The summed E-state index contributed by atoms with van der Waals surface area (Å²) in [6.45, 7) is 4.94. The summed E-state index contributed by atoms with van der Waals surface area (Å²) in [5.41, 5.74) is 5.55. The van der Waals surface area contributed by atoms with E-state index in [1.807, 2.05) is 89.8 Å². The molecule has 1 atom stereocenters. The molecule has 0 saturated carbocycles. The maximum Gasteiger partial charge on any atom is 0.321 e. The summed E-state index contributed by atoms with van der Waals surface area (Å²) in [4.78, 5) is 43.7. The van der Waals surface area contributed by atoms with Gasteiger partial charge in [-0.15, -0.1) is 0 Å². The van der Waals surface area contributed by atoms with E-state index in [4.69, 9.17) is 4.74 Å². The fourth-order valence-corrected chi connectivity index (χ4v) is 6.07. The van der Waals surface area contributed by atoms with Crippen molar-refractivity contribution in [1.29, 1.82) is 0 Å². The number of amides is 3. The second-order valence-electron chi connectivity index (χ2n) is 12.5. The number of hydrogen-bond acceptors (Lipinski definition) is 5. The number of benzene rings is 4. The molecule has 0 spiro atoms. The smallest absolute Gasteiger partial charge is 0.321 e. The first kappa shape index (κ1) is 35.4. The molecule has 1 saturated heterocycles. The second kappa shape index (κ2) is 18.0. The minimum absolute atomic E-state index is 0.0238. The summed E-state index contributed by atoms with van der Waals surface area (Å²) >= 11 is 0. The van der Waals surface area contributed by atoms with Gasteiger partial charge in [0.15, 0.2) is 5.78 Å². The van der Waals surface area contributed by atoms with Crippen LogP contribution in [-0.4, -0.2) is 68.6 Å². The predicted octanol–water partition coefficient (Wildman–Crippen LogP) is 7.58. The number of carbonyl (C=O) groups is 3. The van der Waals surface area contributed by atoms with Crippen LogP contribution in [0.15, 0.2) is 103 Å². The van der Waals surface area contributed by atoms with Crippen LogP contribution in [0.1, 0.15) is 60.5 Å². The lowest BCUT2D eigenvalue weighted by Crippen LogP contribution is -2.48. The number of rotatable bonds is 15. The van der Waals surface area contributed by atoms with Crippen molar-refractivity contribution in [3.05, 3.63) is 120 Å². The van der Waals surface area contributed by atoms with E-state index in [0.29, 0.717) is 56.1 Å². The topological polar surface area (TPSA) is 91.0 Å². The third kappa shape index (κ3) is 9.80. The van der Waals surface area contributed by atoms with Crippen LogP contribution < -0.4 is 15.5 Å². The molecule has 0 unspecified atom stereocenters. The first-order valence-corrected chi connectivity index (χ1v) is 17.5. The average molecular weight is 661 g/mol. The molecule has 0 radical (unpaired) electrons. The van der Waals surface area contributed by atoms with Crippen molar-refractivity contribution < 1.29 is 19.1 Å². The SMILES string of the molecule is CCCCCCCNC(=O)N(C)c1cccc(-c2ccc(C[C@H](Nc3ccccc3C(=O)c3ccccc3)C(=O)N3CCOCC3)cc2)c1. The molecule has 0 aliphatic carbocycles. The Kier molecular flexibility index (Phi) is 13.0. The molecule has 1 heterocycles. The minimum Gasteiger partial charge on any atom is -0.378 e. The highest BCUT2D eigenvalue weighted by molar-refractivity contribution is 6.12. The summed E-state index contributed by atoms with van der Waals surface area (Å²) in [6, 6.07) is 32.0. The lowest BCUT2D eigenvalue weighted by atomic mass is 9.98. The number of anilines is 2. The fourth-order valence-electron chi connectivity index (χ4n) is 6.07. The highest BCUT2D eigenvalue weighted by Crippen LogP contribution is 2.26. The lowest BCUT2D eigenvalue weighted by molar-refractivity contribution is -0.136.